The molecule has 0 unspecified atom stereocenters. The molecule has 2 nitrogen and oxygen atoms in total. The lowest BCUT2D eigenvalue weighted by Gasteiger charge is -2.07. The lowest BCUT2D eigenvalue weighted by atomic mass is 10.1. The van der Waals surface area contributed by atoms with Gasteiger partial charge in [0.2, 0.25) is 0 Å². The minimum atomic E-state index is 0.671. The van der Waals surface area contributed by atoms with E-state index in [4.69, 9.17) is 4.74 Å². The van der Waals surface area contributed by atoms with Gasteiger partial charge in [-0.3, -0.25) is 0 Å². The van der Waals surface area contributed by atoms with Crippen LogP contribution in [0.5, 0.6) is 0 Å². The maximum atomic E-state index is 5.09. The molecule has 0 radical (unpaired) electrons. The second kappa shape index (κ2) is 6.75. The Morgan fingerprint density at radius 3 is 2.17 bits per heavy atom. The number of ether oxygens (including phenoxy) is 1. The highest BCUT2D eigenvalue weighted by atomic mass is 127. The molecule has 0 bridgehead atoms. The second-order valence-electron chi connectivity index (χ2n) is 4.11. The zero-order valence-corrected chi connectivity index (χ0v) is 12.5. The van der Waals surface area contributed by atoms with Crippen molar-refractivity contribution in [2.24, 2.45) is 0 Å². The maximum absolute atomic E-state index is 5.09. The molecule has 0 heterocycles. The van der Waals surface area contributed by atoms with E-state index in [1.165, 1.54) is 14.7 Å². The van der Waals surface area contributed by atoms with Gasteiger partial charge in [0.05, 0.1) is 6.61 Å². The molecule has 0 saturated carbocycles. The molecule has 94 valence electrons. The van der Waals surface area contributed by atoms with Gasteiger partial charge in [-0.15, -0.1) is 0 Å². The Balaban J connectivity index is 1.91. The summed E-state index contributed by atoms with van der Waals surface area (Å²) in [6.07, 6.45) is 0. The summed E-state index contributed by atoms with van der Waals surface area (Å²) in [6, 6.07) is 16.9. The molecule has 0 saturated heterocycles. The summed E-state index contributed by atoms with van der Waals surface area (Å²) < 4.78 is 6.34. The Labute approximate surface area is 122 Å². The number of benzene rings is 2. The van der Waals surface area contributed by atoms with Crippen molar-refractivity contribution < 1.29 is 4.74 Å². The molecule has 0 aliphatic rings. The van der Waals surface area contributed by atoms with Crippen molar-refractivity contribution in [2.75, 3.05) is 12.4 Å². The van der Waals surface area contributed by atoms with Crippen molar-refractivity contribution in [1.82, 2.24) is 0 Å². The Hall–Kier alpha value is -1.07. The summed E-state index contributed by atoms with van der Waals surface area (Å²) in [5, 5.41) is 3.41. The summed E-state index contributed by atoms with van der Waals surface area (Å²) in [6.45, 7) is 1.51. The number of nitrogens with one attached hydrogen (secondary N) is 1. The van der Waals surface area contributed by atoms with E-state index >= 15 is 0 Å². The van der Waals surface area contributed by atoms with Crippen LogP contribution in [0.2, 0.25) is 0 Å². The third kappa shape index (κ3) is 3.99. The summed E-state index contributed by atoms with van der Waals surface area (Å²) in [5.74, 6) is 0. The Bertz CT molecular complexity index is 479. The van der Waals surface area contributed by atoms with Crippen LogP contribution < -0.4 is 5.32 Å². The zero-order valence-electron chi connectivity index (χ0n) is 10.3. The van der Waals surface area contributed by atoms with Crippen LogP contribution in [0, 0.1) is 3.57 Å². The molecule has 0 aliphatic carbocycles. The largest absolute Gasteiger partial charge is 0.381 e. The third-order valence-corrected chi connectivity index (χ3v) is 3.39. The topological polar surface area (TPSA) is 21.3 Å². The molecule has 18 heavy (non-hydrogen) atoms. The quantitative estimate of drug-likeness (QED) is 0.819. The first-order chi connectivity index (χ1) is 8.78. The van der Waals surface area contributed by atoms with Gasteiger partial charge in [-0.05, 0) is 58.0 Å². The molecule has 2 aromatic carbocycles. The highest BCUT2D eigenvalue weighted by Crippen LogP contribution is 2.13. The molecule has 3 heteroatoms. The van der Waals surface area contributed by atoms with E-state index in [2.05, 4.69) is 76.4 Å². The van der Waals surface area contributed by atoms with Crippen LogP contribution in [-0.4, -0.2) is 7.11 Å². The normalized spacial score (nSPS) is 10.3. The molecule has 0 atom stereocenters. The maximum Gasteiger partial charge on any atom is 0.0713 e. The first kappa shape index (κ1) is 13.4. The molecule has 0 spiro atoms. The molecule has 2 aromatic rings. The molecule has 0 fully saturated rings. The first-order valence-electron chi connectivity index (χ1n) is 5.84. The van der Waals surface area contributed by atoms with Gasteiger partial charge < -0.3 is 10.1 Å². The minimum Gasteiger partial charge on any atom is -0.381 e. The van der Waals surface area contributed by atoms with E-state index in [0.29, 0.717) is 6.61 Å². The average Bonchev–Trinajstić information content (AvgIpc) is 2.40. The Morgan fingerprint density at radius 1 is 0.944 bits per heavy atom. The van der Waals surface area contributed by atoms with Gasteiger partial charge in [-0.2, -0.15) is 0 Å². The van der Waals surface area contributed by atoms with E-state index in [0.717, 1.165) is 12.2 Å². The van der Waals surface area contributed by atoms with Gasteiger partial charge in [-0.25, -0.2) is 0 Å². The fourth-order valence-corrected chi connectivity index (χ4v) is 2.05. The van der Waals surface area contributed by atoms with Gasteiger partial charge in [-0.1, -0.05) is 24.3 Å². The van der Waals surface area contributed by atoms with Crippen molar-refractivity contribution in [2.45, 2.75) is 13.2 Å². The highest BCUT2D eigenvalue weighted by Gasteiger charge is 1.96. The van der Waals surface area contributed by atoms with Crippen molar-refractivity contribution in [3.8, 4) is 0 Å². The predicted molar refractivity (Wildman–Crippen MR) is 83.6 cm³/mol. The standard InChI is InChI=1S/C15H16INO/c1-18-11-13-4-2-12(3-5-13)10-17-15-8-6-14(16)7-9-15/h2-9,17H,10-11H2,1H3. The highest BCUT2D eigenvalue weighted by molar-refractivity contribution is 14.1. The van der Waals surface area contributed by atoms with E-state index in [1.54, 1.807) is 7.11 Å². The molecule has 0 aliphatic heterocycles. The number of methoxy groups -OCH3 is 1. The van der Waals surface area contributed by atoms with Crippen molar-refractivity contribution in [3.63, 3.8) is 0 Å². The molecule has 2 rings (SSSR count). The van der Waals surface area contributed by atoms with Gasteiger partial charge in [0, 0.05) is 22.9 Å². The molecular formula is C15H16INO. The third-order valence-electron chi connectivity index (χ3n) is 2.67. The van der Waals surface area contributed by atoms with Crippen LogP contribution in [0.15, 0.2) is 48.5 Å². The molecule has 0 amide bonds. The zero-order chi connectivity index (χ0) is 12.8. The van der Waals surface area contributed by atoms with Crippen LogP contribution in [0.3, 0.4) is 0 Å². The average molecular weight is 353 g/mol. The van der Waals surface area contributed by atoms with Gasteiger partial charge in [0.15, 0.2) is 0 Å². The number of hydrogen-bond donors (Lipinski definition) is 1. The van der Waals surface area contributed by atoms with Gasteiger partial charge >= 0.3 is 0 Å². The number of anilines is 1. The fraction of sp³-hybridized carbons (Fsp3) is 0.200. The van der Waals surface area contributed by atoms with Crippen LogP contribution in [0.1, 0.15) is 11.1 Å². The summed E-state index contributed by atoms with van der Waals surface area (Å²) in [5.41, 5.74) is 3.63. The summed E-state index contributed by atoms with van der Waals surface area (Å²) >= 11 is 2.31. The summed E-state index contributed by atoms with van der Waals surface area (Å²) in [7, 11) is 1.71. The van der Waals surface area contributed by atoms with Crippen molar-refractivity contribution in [3.05, 3.63) is 63.2 Å². The monoisotopic (exact) mass is 353 g/mol. The van der Waals surface area contributed by atoms with E-state index in [-0.39, 0.29) is 0 Å². The van der Waals surface area contributed by atoms with E-state index in [9.17, 15) is 0 Å². The molecular weight excluding hydrogens is 337 g/mol. The second-order valence-corrected chi connectivity index (χ2v) is 5.36. The van der Waals surface area contributed by atoms with Crippen LogP contribution in [-0.2, 0) is 17.9 Å². The van der Waals surface area contributed by atoms with Crippen LogP contribution >= 0.6 is 22.6 Å². The van der Waals surface area contributed by atoms with Crippen molar-refractivity contribution >= 4 is 28.3 Å². The summed E-state index contributed by atoms with van der Waals surface area (Å²) in [4.78, 5) is 0. The molecule has 0 aromatic heterocycles. The number of halogens is 1. The van der Waals surface area contributed by atoms with Gasteiger partial charge in [0.1, 0.15) is 0 Å². The van der Waals surface area contributed by atoms with Crippen LogP contribution in [0.25, 0.3) is 0 Å². The predicted octanol–water partition coefficient (Wildman–Crippen LogP) is 4.05. The lowest BCUT2D eigenvalue weighted by molar-refractivity contribution is 0.185. The number of hydrogen-bond acceptors (Lipinski definition) is 2. The van der Waals surface area contributed by atoms with Crippen molar-refractivity contribution in [1.29, 1.82) is 0 Å². The van der Waals surface area contributed by atoms with Gasteiger partial charge in [0.25, 0.3) is 0 Å². The van der Waals surface area contributed by atoms with Crippen LogP contribution in [0.4, 0.5) is 5.69 Å². The smallest absolute Gasteiger partial charge is 0.0713 e. The molecule has 1 N–H and O–H groups in total. The van der Waals surface area contributed by atoms with E-state index in [1.807, 2.05) is 0 Å². The SMILES string of the molecule is COCc1ccc(CNc2ccc(I)cc2)cc1. The number of rotatable bonds is 5. The fourth-order valence-electron chi connectivity index (χ4n) is 1.69. The minimum absolute atomic E-state index is 0.671. The Morgan fingerprint density at radius 2 is 1.56 bits per heavy atom. The first-order valence-corrected chi connectivity index (χ1v) is 6.92. The van der Waals surface area contributed by atoms with E-state index < -0.39 is 0 Å². The Kier molecular flexibility index (Phi) is 5.01. The lowest BCUT2D eigenvalue weighted by Crippen LogP contribution is -1.99.